The van der Waals surface area contributed by atoms with Crippen LogP contribution in [0, 0.1) is 0 Å². The summed E-state index contributed by atoms with van der Waals surface area (Å²) < 4.78 is 9.95. The summed E-state index contributed by atoms with van der Waals surface area (Å²) in [5.41, 5.74) is 0. The fourth-order valence-corrected chi connectivity index (χ4v) is 1.57. The van der Waals surface area contributed by atoms with Crippen LogP contribution in [-0.4, -0.2) is 41.6 Å². The lowest BCUT2D eigenvalue weighted by Gasteiger charge is -2.26. The first-order valence-corrected chi connectivity index (χ1v) is 5.34. The standard InChI is InChI=1S/C11H18O5/c1-7(12)3-4-9(13)10-5-8(15-2)6-11(14)16-10/h6-7,9-10,12-13H,3-5H2,1-2H3. The largest absolute Gasteiger partial charge is 0.501 e. The van der Waals surface area contributed by atoms with E-state index in [1.54, 1.807) is 6.92 Å². The Balaban J connectivity index is 2.48. The second kappa shape index (κ2) is 5.86. The first-order chi connectivity index (χ1) is 7.52. The van der Waals surface area contributed by atoms with E-state index in [2.05, 4.69) is 0 Å². The van der Waals surface area contributed by atoms with Crippen LogP contribution in [0.25, 0.3) is 0 Å². The van der Waals surface area contributed by atoms with Crippen LogP contribution in [0.4, 0.5) is 0 Å². The fourth-order valence-electron chi connectivity index (χ4n) is 1.57. The van der Waals surface area contributed by atoms with Gasteiger partial charge in [0, 0.05) is 6.42 Å². The van der Waals surface area contributed by atoms with Crippen molar-refractivity contribution in [2.45, 2.75) is 44.5 Å². The Labute approximate surface area is 94.7 Å². The van der Waals surface area contributed by atoms with Gasteiger partial charge in [-0.15, -0.1) is 0 Å². The Bertz CT molecular complexity index is 272. The first kappa shape index (κ1) is 13.0. The van der Waals surface area contributed by atoms with Gasteiger partial charge in [0.15, 0.2) is 0 Å². The molecule has 0 saturated heterocycles. The molecule has 3 unspecified atom stereocenters. The third-order valence-corrected chi connectivity index (χ3v) is 2.52. The van der Waals surface area contributed by atoms with Gasteiger partial charge < -0.3 is 19.7 Å². The van der Waals surface area contributed by atoms with E-state index in [0.29, 0.717) is 25.0 Å². The maximum absolute atomic E-state index is 11.1. The molecule has 0 aliphatic carbocycles. The molecule has 0 spiro atoms. The number of methoxy groups -OCH3 is 1. The molecule has 16 heavy (non-hydrogen) atoms. The van der Waals surface area contributed by atoms with Gasteiger partial charge in [-0.05, 0) is 19.8 Å². The molecule has 1 aliphatic heterocycles. The fraction of sp³-hybridized carbons (Fsp3) is 0.727. The number of rotatable bonds is 5. The minimum absolute atomic E-state index is 0.378. The Morgan fingerprint density at radius 1 is 1.56 bits per heavy atom. The highest BCUT2D eigenvalue weighted by Crippen LogP contribution is 2.21. The van der Waals surface area contributed by atoms with Crippen LogP contribution in [0.3, 0.4) is 0 Å². The van der Waals surface area contributed by atoms with Crippen molar-refractivity contribution in [1.29, 1.82) is 0 Å². The molecule has 0 aromatic heterocycles. The van der Waals surface area contributed by atoms with Gasteiger partial charge in [-0.1, -0.05) is 0 Å². The van der Waals surface area contributed by atoms with Gasteiger partial charge in [-0.3, -0.25) is 0 Å². The Morgan fingerprint density at radius 2 is 2.25 bits per heavy atom. The zero-order chi connectivity index (χ0) is 12.1. The number of hydrogen-bond donors (Lipinski definition) is 2. The molecular weight excluding hydrogens is 212 g/mol. The van der Waals surface area contributed by atoms with E-state index in [4.69, 9.17) is 14.6 Å². The zero-order valence-electron chi connectivity index (χ0n) is 9.55. The van der Waals surface area contributed by atoms with Gasteiger partial charge >= 0.3 is 5.97 Å². The average molecular weight is 230 g/mol. The molecule has 1 heterocycles. The van der Waals surface area contributed by atoms with Crippen LogP contribution in [0.2, 0.25) is 0 Å². The molecule has 0 amide bonds. The van der Waals surface area contributed by atoms with Crippen LogP contribution in [-0.2, 0) is 14.3 Å². The molecule has 0 saturated carbocycles. The van der Waals surface area contributed by atoms with E-state index in [-0.39, 0.29) is 0 Å². The minimum atomic E-state index is -0.766. The second-order valence-electron chi connectivity index (χ2n) is 3.99. The lowest BCUT2D eigenvalue weighted by Crippen LogP contribution is -2.34. The van der Waals surface area contributed by atoms with Gasteiger partial charge in [0.1, 0.15) is 11.9 Å². The van der Waals surface area contributed by atoms with Gasteiger partial charge in [0.25, 0.3) is 0 Å². The minimum Gasteiger partial charge on any atom is -0.501 e. The summed E-state index contributed by atoms with van der Waals surface area (Å²) in [4.78, 5) is 11.1. The second-order valence-corrected chi connectivity index (χ2v) is 3.99. The Morgan fingerprint density at radius 3 is 2.81 bits per heavy atom. The molecule has 5 heteroatoms. The summed E-state index contributed by atoms with van der Waals surface area (Å²) in [7, 11) is 1.48. The molecule has 0 radical (unpaired) electrons. The number of cyclic esters (lactones) is 1. The van der Waals surface area contributed by atoms with Crippen molar-refractivity contribution in [1.82, 2.24) is 0 Å². The Kier molecular flexibility index (Phi) is 4.76. The number of aliphatic hydroxyl groups is 2. The van der Waals surface area contributed by atoms with Crippen LogP contribution in [0.5, 0.6) is 0 Å². The molecule has 2 N–H and O–H groups in total. The molecule has 5 nitrogen and oxygen atoms in total. The maximum atomic E-state index is 11.1. The first-order valence-electron chi connectivity index (χ1n) is 5.34. The van der Waals surface area contributed by atoms with Crippen molar-refractivity contribution < 1.29 is 24.5 Å². The number of carbonyl (C=O) groups is 1. The summed E-state index contributed by atoms with van der Waals surface area (Å²) in [6, 6.07) is 0. The number of ether oxygens (including phenoxy) is 2. The van der Waals surface area contributed by atoms with Crippen molar-refractivity contribution in [3.8, 4) is 0 Å². The van der Waals surface area contributed by atoms with E-state index in [9.17, 15) is 9.90 Å². The SMILES string of the molecule is COC1=CC(=O)OC(C(O)CCC(C)O)C1. The number of carbonyl (C=O) groups excluding carboxylic acids is 1. The molecule has 0 aromatic carbocycles. The van der Waals surface area contributed by atoms with Crippen LogP contribution in [0.15, 0.2) is 11.8 Å². The normalized spacial score (nSPS) is 24.4. The average Bonchev–Trinajstić information content (AvgIpc) is 2.24. The van der Waals surface area contributed by atoms with Gasteiger partial charge in [0.2, 0.25) is 0 Å². The third kappa shape index (κ3) is 3.83. The predicted octanol–water partition coefficient (Wildman–Crippen LogP) is 0.354. The van der Waals surface area contributed by atoms with Gasteiger partial charge in [-0.25, -0.2) is 4.79 Å². The van der Waals surface area contributed by atoms with Gasteiger partial charge in [0.05, 0.1) is 25.4 Å². The summed E-state index contributed by atoms with van der Waals surface area (Å²) in [6.07, 6.45) is 0.713. The van der Waals surface area contributed by atoms with Crippen molar-refractivity contribution >= 4 is 5.97 Å². The van der Waals surface area contributed by atoms with Crippen molar-refractivity contribution in [2.75, 3.05) is 7.11 Å². The number of esters is 1. The van der Waals surface area contributed by atoms with Crippen molar-refractivity contribution in [3.05, 3.63) is 11.8 Å². The lowest BCUT2D eigenvalue weighted by molar-refractivity contribution is -0.152. The highest BCUT2D eigenvalue weighted by atomic mass is 16.6. The smallest absolute Gasteiger partial charge is 0.334 e. The highest BCUT2D eigenvalue weighted by molar-refractivity contribution is 5.83. The molecule has 0 aromatic rings. The highest BCUT2D eigenvalue weighted by Gasteiger charge is 2.28. The zero-order valence-corrected chi connectivity index (χ0v) is 9.55. The van der Waals surface area contributed by atoms with E-state index in [0.717, 1.165) is 0 Å². The molecule has 3 atom stereocenters. The van der Waals surface area contributed by atoms with E-state index >= 15 is 0 Å². The maximum Gasteiger partial charge on any atom is 0.334 e. The molecular formula is C11H18O5. The lowest BCUT2D eigenvalue weighted by atomic mass is 10.0. The van der Waals surface area contributed by atoms with Crippen molar-refractivity contribution in [2.24, 2.45) is 0 Å². The van der Waals surface area contributed by atoms with E-state index < -0.39 is 24.3 Å². The summed E-state index contributed by atoms with van der Waals surface area (Å²) in [5.74, 6) is 0.0153. The van der Waals surface area contributed by atoms with Crippen LogP contribution in [0.1, 0.15) is 26.2 Å². The van der Waals surface area contributed by atoms with Crippen molar-refractivity contribution in [3.63, 3.8) is 0 Å². The Hall–Kier alpha value is -1.07. The van der Waals surface area contributed by atoms with E-state index in [1.807, 2.05) is 0 Å². The molecule has 1 aliphatic rings. The molecule has 0 bridgehead atoms. The predicted molar refractivity (Wildman–Crippen MR) is 56.5 cm³/mol. The molecule has 1 rings (SSSR count). The van der Waals surface area contributed by atoms with E-state index in [1.165, 1.54) is 13.2 Å². The van der Waals surface area contributed by atoms with Crippen LogP contribution >= 0.6 is 0 Å². The summed E-state index contributed by atoms with van der Waals surface area (Å²) in [5, 5.41) is 18.9. The third-order valence-electron chi connectivity index (χ3n) is 2.52. The number of hydrogen-bond acceptors (Lipinski definition) is 5. The van der Waals surface area contributed by atoms with Gasteiger partial charge in [-0.2, -0.15) is 0 Å². The van der Waals surface area contributed by atoms with Crippen LogP contribution < -0.4 is 0 Å². The topological polar surface area (TPSA) is 76.0 Å². The molecule has 92 valence electrons. The quantitative estimate of drug-likeness (QED) is 0.667. The summed E-state index contributed by atoms with van der Waals surface area (Å²) >= 11 is 0. The summed E-state index contributed by atoms with van der Waals surface area (Å²) in [6.45, 7) is 1.65. The molecule has 0 fully saturated rings. The number of aliphatic hydroxyl groups excluding tert-OH is 2. The monoisotopic (exact) mass is 230 g/mol.